The van der Waals surface area contributed by atoms with Gasteiger partial charge in [0, 0.05) is 11.5 Å². The van der Waals surface area contributed by atoms with Crippen LogP contribution in [0.15, 0.2) is 48.5 Å². The molecule has 0 spiro atoms. The number of para-hydroxylation sites is 1. The maximum Gasteiger partial charge on any atom is 0.269 e. The van der Waals surface area contributed by atoms with E-state index in [-0.39, 0.29) is 17.7 Å². The molecule has 1 aliphatic rings. The molecule has 1 aromatic heterocycles. The summed E-state index contributed by atoms with van der Waals surface area (Å²) in [5.74, 6) is -0.404. The first-order valence-electron chi connectivity index (χ1n) is 9.68. The molecule has 28 heavy (non-hydrogen) atoms. The van der Waals surface area contributed by atoms with Gasteiger partial charge >= 0.3 is 0 Å². The van der Waals surface area contributed by atoms with Crippen LogP contribution in [0.1, 0.15) is 48.0 Å². The number of carbonyl (C=O) groups excluding carboxylic acids is 2. The molecule has 0 radical (unpaired) electrons. The van der Waals surface area contributed by atoms with E-state index < -0.39 is 0 Å². The lowest BCUT2D eigenvalue weighted by Crippen LogP contribution is -2.44. The van der Waals surface area contributed by atoms with Crippen LogP contribution >= 0.6 is 0 Å². The lowest BCUT2D eigenvalue weighted by atomic mass is 9.89. The molecule has 1 heterocycles. The smallest absolute Gasteiger partial charge is 0.269 e. The Morgan fingerprint density at radius 2 is 1.71 bits per heavy atom. The zero-order valence-corrected chi connectivity index (χ0v) is 15.6. The molecule has 4 rings (SSSR count). The van der Waals surface area contributed by atoms with Gasteiger partial charge in [0.05, 0.1) is 12.1 Å². The fourth-order valence-corrected chi connectivity index (χ4v) is 3.63. The van der Waals surface area contributed by atoms with E-state index >= 15 is 0 Å². The SMILES string of the molecule is O=C(NNC(=O)C1CCCCC1)c1ccc(Cn2nnc3ccccc32)cc1. The normalized spacial score (nSPS) is 14.7. The topological polar surface area (TPSA) is 88.9 Å². The number of benzene rings is 2. The number of aromatic nitrogens is 3. The molecule has 2 amide bonds. The Hall–Kier alpha value is -3.22. The van der Waals surface area contributed by atoms with Crippen LogP contribution in [0.2, 0.25) is 0 Å². The van der Waals surface area contributed by atoms with Crippen LogP contribution in [-0.4, -0.2) is 26.8 Å². The van der Waals surface area contributed by atoms with E-state index in [2.05, 4.69) is 21.2 Å². The summed E-state index contributed by atoms with van der Waals surface area (Å²) in [5.41, 5.74) is 8.41. The number of nitrogens with zero attached hydrogens (tertiary/aromatic N) is 3. The van der Waals surface area contributed by atoms with Crippen molar-refractivity contribution in [3.05, 3.63) is 59.7 Å². The van der Waals surface area contributed by atoms with Gasteiger partial charge in [-0.1, -0.05) is 48.7 Å². The van der Waals surface area contributed by atoms with Crippen molar-refractivity contribution in [1.29, 1.82) is 0 Å². The number of carbonyl (C=O) groups is 2. The molecule has 0 aliphatic heterocycles. The number of hydrazine groups is 1. The molecule has 0 bridgehead atoms. The van der Waals surface area contributed by atoms with E-state index in [0.717, 1.165) is 42.3 Å². The van der Waals surface area contributed by atoms with Crippen LogP contribution in [0.4, 0.5) is 0 Å². The maximum atomic E-state index is 12.3. The lowest BCUT2D eigenvalue weighted by Gasteiger charge is -2.20. The number of nitrogens with one attached hydrogen (secondary N) is 2. The highest BCUT2D eigenvalue weighted by Gasteiger charge is 2.21. The third-order valence-electron chi connectivity index (χ3n) is 5.24. The summed E-state index contributed by atoms with van der Waals surface area (Å²) in [5, 5.41) is 8.33. The first-order chi connectivity index (χ1) is 13.7. The molecule has 1 aliphatic carbocycles. The van der Waals surface area contributed by atoms with Gasteiger partial charge in [0.25, 0.3) is 5.91 Å². The van der Waals surface area contributed by atoms with Gasteiger partial charge in [0.1, 0.15) is 5.52 Å². The summed E-state index contributed by atoms with van der Waals surface area (Å²) in [6.07, 6.45) is 5.14. The Balaban J connectivity index is 1.34. The third-order valence-corrected chi connectivity index (χ3v) is 5.24. The van der Waals surface area contributed by atoms with Crippen LogP contribution in [0.3, 0.4) is 0 Å². The highest BCUT2D eigenvalue weighted by atomic mass is 16.2. The molecule has 7 heteroatoms. The van der Waals surface area contributed by atoms with Gasteiger partial charge in [0.15, 0.2) is 0 Å². The van der Waals surface area contributed by atoms with Crippen molar-refractivity contribution in [2.24, 2.45) is 5.92 Å². The summed E-state index contributed by atoms with van der Waals surface area (Å²) >= 11 is 0. The Labute approximate surface area is 163 Å². The van der Waals surface area contributed by atoms with E-state index in [1.54, 1.807) is 12.1 Å². The van der Waals surface area contributed by atoms with Gasteiger partial charge in [0.2, 0.25) is 5.91 Å². The van der Waals surface area contributed by atoms with E-state index in [9.17, 15) is 9.59 Å². The summed E-state index contributed by atoms with van der Waals surface area (Å²) in [7, 11) is 0. The van der Waals surface area contributed by atoms with Crippen LogP contribution in [-0.2, 0) is 11.3 Å². The van der Waals surface area contributed by atoms with E-state index in [1.165, 1.54) is 6.42 Å². The number of hydrogen-bond acceptors (Lipinski definition) is 4. The Morgan fingerprint density at radius 3 is 2.50 bits per heavy atom. The van der Waals surface area contributed by atoms with E-state index in [0.29, 0.717) is 12.1 Å². The second kappa shape index (κ2) is 8.21. The van der Waals surface area contributed by atoms with Crippen LogP contribution in [0, 0.1) is 5.92 Å². The molecule has 0 saturated heterocycles. The van der Waals surface area contributed by atoms with Crippen molar-refractivity contribution < 1.29 is 9.59 Å². The molecule has 0 atom stereocenters. The first-order valence-corrected chi connectivity index (χ1v) is 9.68. The monoisotopic (exact) mass is 377 g/mol. The minimum atomic E-state index is -0.318. The molecule has 2 N–H and O–H groups in total. The van der Waals surface area contributed by atoms with Gasteiger partial charge in [-0.15, -0.1) is 5.10 Å². The highest BCUT2D eigenvalue weighted by Crippen LogP contribution is 2.23. The van der Waals surface area contributed by atoms with Crippen molar-refractivity contribution in [1.82, 2.24) is 25.8 Å². The zero-order valence-electron chi connectivity index (χ0n) is 15.6. The predicted octanol–water partition coefficient (Wildman–Crippen LogP) is 2.82. The standard InChI is InChI=1S/C21H23N5O2/c27-20(16-6-2-1-3-7-16)23-24-21(28)17-12-10-15(11-13-17)14-26-19-9-5-4-8-18(19)22-25-26/h4-5,8-13,16H,1-3,6-7,14H2,(H,23,27)(H,24,28). The van der Waals surface area contributed by atoms with Gasteiger partial charge in [-0.25, -0.2) is 4.68 Å². The molecular formula is C21H23N5O2. The summed E-state index contributed by atoms with van der Waals surface area (Å²) in [4.78, 5) is 24.4. The van der Waals surface area contributed by atoms with Crippen molar-refractivity contribution in [3.63, 3.8) is 0 Å². The quantitative estimate of drug-likeness (QED) is 0.684. The minimum absolute atomic E-state index is 0.00827. The Bertz CT molecular complexity index is 974. The molecule has 1 fully saturated rings. The fourth-order valence-electron chi connectivity index (χ4n) is 3.63. The first kappa shape index (κ1) is 18.2. The van der Waals surface area contributed by atoms with Crippen LogP contribution < -0.4 is 10.9 Å². The molecule has 1 saturated carbocycles. The molecule has 2 aromatic carbocycles. The second-order valence-corrected chi connectivity index (χ2v) is 7.21. The number of fused-ring (bicyclic) bond motifs is 1. The number of amides is 2. The van der Waals surface area contributed by atoms with Crippen molar-refractivity contribution in [3.8, 4) is 0 Å². The van der Waals surface area contributed by atoms with Crippen LogP contribution in [0.5, 0.6) is 0 Å². The van der Waals surface area contributed by atoms with Gasteiger partial charge < -0.3 is 0 Å². The average molecular weight is 377 g/mol. The number of hydrogen-bond donors (Lipinski definition) is 2. The van der Waals surface area contributed by atoms with Crippen molar-refractivity contribution in [2.45, 2.75) is 38.6 Å². The number of rotatable bonds is 4. The average Bonchev–Trinajstić information content (AvgIpc) is 3.16. The Kier molecular flexibility index (Phi) is 5.32. The molecule has 3 aromatic rings. The lowest BCUT2D eigenvalue weighted by molar-refractivity contribution is -0.126. The minimum Gasteiger partial charge on any atom is -0.273 e. The van der Waals surface area contributed by atoms with Gasteiger partial charge in [-0.2, -0.15) is 0 Å². The van der Waals surface area contributed by atoms with Crippen molar-refractivity contribution in [2.75, 3.05) is 0 Å². The molecule has 0 unspecified atom stereocenters. The summed E-state index contributed by atoms with van der Waals surface area (Å²) in [6, 6.07) is 15.1. The van der Waals surface area contributed by atoms with Crippen LogP contribution in [0.25, 0.3) is 11.0 Å². The highest BCUT2D eigenvalue weighted by molar-refractivity contribution is 5.95. The predicted molar refractivity (Wildman–Crippen MR) is 105 cm³/mol. The van der Waals surface area contributed by atoms with E-state index in [1.807, 2.05) is 41.1 Å². The largest absolute Gasteiger partial charge is 0.273 e. The summed E-state index contributed by atoms with van der Waals surface area (Å²) in [6.45, 7) is 0.570. The van der Waals surface area contributed by atoms with Gasteiger partial charge in [-0.3, -0.25) is 20.4 Å². The molecule has 7 nitrogen and oxygen atoms in total. The second-order valence-electron chi connectivity index (χ2n) is 7.21. The zero-order chi connectivity index (χ0) is 19.3. The van der Waals surface area contributed by atoms with Gasteiger partial charge in [-0.05, 0) is 42.7 Å². The van der Waals surface area contributed by atoms with E-state index in [4.69, 9.17) is 0 Å². The maximum absolute atomic E-state index is 12.3. The Morgan fingerprint density at radius 1 is 0.964 bits per heavy atom. The third kappa shape index (κ3) is 4.03. The fraction of sp³-hybridized carbons (Fsp3) is 0.333. The van der Waals surface area contributed by atoms with Crippen molar-refractivity contribution >= 4 is 22.8 Å². The molecular weight excluding hydrogens is 354 g/mol. The summed E-state index contributed by atoms with van der Waals surface area (Å²) < 4.78 is 1.83. The molecule has 144 valence electrons.